The van der Waals surface area contributed by atoms with E-state index in [1.54, 1.807) is 0 Å². The third-order valence-electron chi connectivity index (χ3n) is 4.47. The van der Waals surface area contributed by atoms with Gasteiger partial charge < -0.3 is 30.8 Å². The molecule has 0 atom stereocenters. The van der Waals surface area contributed by atoms with Crippen LogP contribution in [0.2, 0.25) is 0 Å². The van der Waals surface area contributed by atoms with Gasteiger partial charge in [0.1, 0.15) is 23.0 Å². The quantitative estimate of drug-likeness (QED) is 0.274. The first kappa shape index (κ1) is 20.4. The number of hydrogen-bond donors (Lipinski definition) is 6. The molecule has 1 heterocycles. The summed E-state index contributed by atoms with van der Waals surface area (Å²) in [5.41, 5.74) is 1.00. The summed E-state index contributed by atoms with van der Waals surface area (Å²) in [5.74, 6) is -1.75. The van der Waals surface area contributed by atoms with Crippen molar-refractivity contribution < 1.29 is 30.3 Å². The minimum Gasteiger partial charge on any atom is -0.508 e. The second kappa shape index (κ2) is 8.11. The molecule has 4 rings (SSSR count). The van der Waals surface area contributed by atoms with Crippen LogP contribution in [0.3, 0.4) is 0 Å². The Bertz CT molecular complexity index is 1260. The number of anilines is 2. The van der Waals surface area contributed by atoms with E-state index in [2.05, 4.69) is 20.3 Å². The minimum absolute atomic E-state index is 0.0460. The second-order valence-electron chi connectivity index (χ2n) is 6.72. The summed E-state index contributed by atoms with van der Waals surface area (Å²) in [5, 5.41) is 51.6. The Balaban J connectivity index is 1.82. The maximum atomic E-state index is 11.0. The first-order valence-electron chi connectivity index (χ1n) is 9.21. The molecule has 6 N–H and O–H groups in total. The number of hydrogen-bond acceptors (Lipinski definition) is 9. The number of aromatic carboxylic acids is 1. The van der Waals surface area contributed by atoms with Gasteiger partial charge in [0.05, 0.1) is 16.7 Å². The average Bonchev–Trinajstić information content (AvgIpc) is 2.74. The van der Waals surface area contributed by atoms with Gasteiger partial charge in [0.25, 0.3) is 0 Å². The molecule has 0 bridgehead atoms. The number of phenols is 4. The molecule has 0 amide bonds. The Morgan fingerprint density at radius 1 is 0.688 bits per heavy atom. The number of phenolic OH excluding ortho intramolecular Hbond substituents is 4. The zero-order valence-electron chi connectivity index (χ0n) is 16.3. The zero-order chi connectivity index (χ0) is 22.8. The van der Waals surface area contributed by atoms with E-state index in [0.717, 1.165) is 12.1 Å². The normalized spacial score (nSPS) is 10.6. The summed E-state index contributed by atoms with van der Waals surface area (Å²) < 4.78 is 0. The third-order valence-corrected chi connectivity index (χ3v) is 4.47. The van der Waals surface area contributed by atoms with Crippen molar-refractivity contribution in [1.82, 2.24) is 15.0 Å². The van der Waals surface area contributed by atoms with Crippen molar-refractivity contribution in [2.75, 3.05) is 5.32 Å². The van der Waals surface area contributed by atoms with E-state index in [1.165, 1.54) is 48.5 Å². The molecule has 4 aromatic rings. The molecule has 0 aliphatic heterocycles. The highest BCUT2D eigenvalue weighted by Crippen LogP contribution is 2.34. The van der Waals surface area contributed by atoms with Crippen LogP contribution < -0.4 is 5.32 Å². The van der Waals surface area contributed by atoms with Crippen LogP contribution in [0.15, 0.2) is 60.7 Å². The Morgan fingerprint density at radius 3 is 1.62 bits per heavy atom. The number of rotatable bonds is 5. The van der Waals surface area contributed by atoms with Gasteiger partial charge in [-0.2, -0.15) is 9.97 Å². The lowest BCUT2D eigenvalue weighted by atomic mass is 10.1. The molecule has 0 radical (unpaired) electrons. The molecule has 0 fully saturated rings. The van der Waals surface area contributed by atoms with Gasteiger partial charge in [0, 0.05) is 17.8 Å². The number of carboxylic acid groups (broad SMARTS) is 1. The van der Waals surface area contributed by atoms with Crippen LogP contribution in [0.25, 0.3) is 22.8 Å². The first-order chi connectivity index (χ1) is 15.3. The number of aromatic hydroxyl groups is 4. The van der Waals surface area contributed by atoms with Gasteiger partial charge in [0.2, 0.25) is 5.95 Å². The zero-order valence-corrected chi connectivity index (χ0v) is 16.3. The van der Waals surface area contributed by atoms with Gasteiger partial charge in [-0.15, -0.1) is 0 Å². The van der Waals surface area contributed by atoms with E-state index in [0.29, 0.717) is 5.69 Å². The van der Waals surface area contributed by atoms with Gasteiger partial charge >= 0.3 is 5.97 Å². The molecule has 160 valence electrons. The van der Waals surface area contributed by atoms with E-state index in [9.17, 15) is 25.2 Å². The van der Waals surface area contributed by atoms with Crippen molar-refractivity contribution in [2.45, 2.75) is 0 Å². The van der Waals surface area contributed by atoms with Crippen LogP contribution in [-0.4, -0.2) is 46.5 Å². The number of nitrogens with zero attached hydrogens (tertiary/aromatic N) is 3. The summed E-state index contributed by atoms with van der Waals surface area (Å²) in [6.45, 7) is 0. The predicted octanol–water partition coefficient (Wildman–Crippen LogP) is 3.47. The summed E-state index contributed by atoms with van der Waals surface area (Å²) in [6.07, 6.45) is 0. The van der Waals surface area contributed by atoms with Crippen molar-refractivity contribution in [2.24, 2.45) is 0 Å². The van der Waals surface area contributed by atoms with Crippen LogP contribution in [0.1, 0.15) is 10.4 Å². The number of aromatic nitrogens is 3. The Hall–Kier alpha value is -4.86. The summed E-state index contributed by atoms with van der Waals surface area (Å²) >= 11 is 0. The molecule has 0 saturated carbocycles. The minimum atomic E-state index is -1.06. The predicted molar refractivity (Wildman–Crippen MR) is 114 cm³/mol. The summed E-state index contributed by atoms with van der Waals surface area (Å²) in [7, 11) is 0. The molecule has 3 aromatic carbocycles. The number of carbonyl (C=O) groups is 1. The molecule has 32 heavy (non-hydrogen) atoms. The molecule has 0 unspecified atom stereocenters. The van der Waals surface area contributed by atoms with Crippen LogP contribution in [0.4, 0.5) is 11.6 Å². The molecule has 10 heteroatoms. The van der Waals surface area contributed by atoms with Gasteiger partial charge in [0.15, 0.2) is 11.6 Å². The monoisotopic (exact) mass is 432 g/mol. The van der Waals surface area contributed by atoms with Crippen molar-refractivity contribution in [1.29, 1.82) is 0 Å². The van der Waals surface area contributed by atoms with Crippen molar-refractivity contribution in [3.8, 4) is 45.8 Å². The lowest BCUT2D eigenvalue weighted by molar-refractivity contribution is 0.0697. The van der Waals surface area contributed by atoms with Crippen molar-refractivity contribution >= 4 is 17.6 Å². The van der Waals surface area contributed by atoms with Gasteiger partial charge in [-0.25, -0.2) is 9.78 Å². The summed E-state index contributed by atoms with van der Waals surface area (Å²) in [4.78, 5) is 24.0. The van der Waals surface area contributed by atoms with Crippen molar-refractivity contribution in [3.63, 3.8) is 0 Å². The molecule has 0 spiro atoms. The molecule has 0 aliphatic carbocycles. The van der Waals surface area contributed by atoms with Gasteiger partial charge in [-0.3, -0.25) is 0 Å². The highest BCUT2D eigenvalue weighted by molar-refractivity contribution is 5.88. The van der Waals surface area contributed by atoms with Crippen LogP contribution in [0, 0.1) is 0 Å². The highest BCUT2D eigenvalue weighted by Gasteiger charge is 2.16. The van der Waals surface area contributed by atoms with E-state index >= 15 is 0 Å². The summed E-state index contributed by atoms with van der Waals surface area (Å²) in [6, 6.07) is 13.7. The molecular weight excluding hydrogens is 416 g/mol. The third kappa shape index (κ3) is 4.19. The fourth-order valence-corrected chi connectivity index (χ4v) is 2.92. The maximum absolute atomic E-state index is 11.0. The highest BCUT2D eigenvalue weighted by atomic mass is 16.4. The van der Waals surface area contributed by atoms with Crippen LogP contribution in [0.5, 0.6) is 23.0 Å². The van der Waals surface area contributed by atoms with E-state index < -0.39 is 5.97 Å². The second-order valence-corrected chi connectivity index (χ2v) is 6.72. The molecular formula is C22H16N4O6. The number of nitrogens with one attached hydrogen (secondary N) is 1. The van der Waals surface area contributed by atoms with Crippen LogP contribution >= 0.6 is 0 Å². The largest absolute Gasteiger partial charge is 0.508 e. The molecule has 0 saturated heterocycles. The van der Waals surface area contributed by atoms with E-state index in [-0.39, 0.29) is 57.3 Å². The number of benzene rings is 3. The molecule has 1 aromatic heterocycles. The maximum Gasteiger partial charge on any atom is 0.335 e. The van der Waals surface area contributed by atoms with Gasteiger partial charge in [-0.05, 0) is 48.5 Å². The fraction of sp³-hybridized carbons (Fsp3) is 0. The number of carboxylic acids is 1. The van der Waals surface area contributed by atoms with Crippen molar-refractivity contribution in [3.05, 3.63) is 66.2 Å². The van der Waals surface area contributed by atoms with E-state index in [4.69, 9.17) is 5.11 Å². The SMILES string of the molecule is O=C(O)c1ccc(Nc2nc(-c3ccc(O)cc3O)nc(-c3ccc(O)cc3O)n2)cc1. The fourth-order valence-electron chi connectivity index (χ4n) is 2.92. The van der Waals surface area contributed by atoms with Gasteiger partial charge in [-0.1, -0.05) is 0 Å². The van der Waals surface area contributed by atoms with Crippen LogP contribution in [-0.2, 0) is 0 Å². The Morgan fingerprint density at radius 2 is 1.19 bits per heavy atom. The standard InChI is InChI=1S/C22H16N4O6/c27-13-5-7-15(17(29)9-13)19-24-20(16-8-6-14(28)10-18(16)30)26-22(25-19)23-12-3-1-11(2-4-12)21(31)32/h1-10,27-30H,(H,31,32)(H,23,24,25,26). The smallest absolute Gasteiger partial charge is 0.335 e. The van der Waals surface area contributed by atoms with E-state index in [1.807, 2.05) is 0 Å². The molecule has 0 aliphatic rings. The lowest BCUT2D eigenvalue weighted by Crippen LogP contribution is -2.04. The first-order valence-corrected chi connectivity index (χ1v) is 9.21. The Kier molecular flexibility index (Phi) is 5.17. The topological polar surface area (TPSA) is 169 Å². The lowest BCUT2D eigenvalue weighted by Gasteiger charge is -2.11. The molecule has 10 nitrogen and oxygen atoms in total. The Labute approximate surface area is 180 Å². The average molecular weight is 432 g/mol.